The third-order valence-electron chi connectivity index (χ3n) is 4.94. The van der Waals surface area contributed by atoms with Gasteiger partial charge in [0.15, 0.2) is 0 Å². The fourth-order valence-electron chi connectivity index (χ4n) is 3.36. The average Bonchev–Trinajstić information content (AvgIpc) is 3.18. The molecule has 3 rings (SSSR count). The van der Waals surface area contributed by atoms with Crippen molar-refractivity contribution < 1.29 is 4.74 Å². The molecular weight excluding hydrogens is 332 g/mol. The lowest BCUT2D eigenvalue weighted by atomic mass is 10.1. The molecule has 8 nitrogen and oxygen atoms in total. The molecular formula is C18H28N6O2. The number of piperidine rings is 1. The zero-order chi connectivity index (χ0) is 18.4. The molecule has 1 atom stereocenters. The van der Waals surface area contributed by atoms with Crippen LogP contribution in [0.1, 0.15) is 18.9 Å². The number of anilines is 1. The number of aromatic nitrogens is 4. The number of likely N-dealkylation sites (tertiary alicyclic amines) is 1. The Bertz CT molecular complexity index is 730. The van der Waals surface area contributed by atoms with Crippen LogP contribution in [0.5, 0.6) is 0 Å². The van der Waals surface area contributed by atoms with Gasteiger partial charge in [-0.15, -0.1) is 0 Å². The van der Waals surface area contributed by atoms with E-state index in [1.165, 1.54) is 0 Å². The Morgan fingerprint density at radius 3 is 3.00 bits per heavy atom. The Balaban J connectivity index is 1.61. The lowest BCUT2D eigenvalue weighted by Crippen LogP contribution is -2.41. The average molecular weight is 360 g/mol. The van der Waals surface area contributed by atoms with Gasteiger partial charge in [-0.3, -0.25) is 9.69 Å². The van der Waals surface area contributed by atoms with Crippen LogP contribution in [-0.4, -0.2) is 71.2 Å². The second kappa shape index (κ2) is 8.95. The number of rotatable bonds is 8. The molecule has 8 heteroatoms. The van der Waals surface area contributed by atoms with Crippen LogP contribution in [0.2, 0.25) is 0 Å². The minimum atomic E-state index is -0.0340. The summed E-state index contributed by atoms with van der Waals surface area (Å²) in [5.74, 6) is 0. The molecule has 1 saturated heterocycles. The lowest BCUT2D eigenvalue weighted by Gasteiger charge is -2.33. The van der Waals surface area contributed by atoms with Crippen molar-refractivity contribution in [2.75, 3.05) is 51.8 Å². The van der Waals surface area contributed by atoms with Gasteiger partial charge in [0.05, 0.1) is 30.9 Å². The molecule has 1 aliphatic heterocycles. The summed E-state index contributed by atoms with van der Waals surface area (Å²) in [5, 5.41) is 4.46. The summed E-state index contributed by atoms with van der Waals surface area (Å²) in [6, 6.07) is 1.81. The predicted octanol–water partition coefficient (Wildman–Crippen LogP) is 0.860. The normalized spacial score (nSPS) is 18.2. The minimum absolute atomic E-state index is 0.0340. The molecule has 0 bridgehead atoms. The largest absolute Gasteiger partial charge is 0.383 e. The molecule has 1 fully saturated rings. The molecule has 0 amide bonds. The molecule has 26 heavy (non-hydrogen) atoms. The van der Waals surface area contributed by atoms with Gasteiger partial charge in [-0.2, -0.15) is 5.10 Å². The van der Waals surface area contributed by atoms with Crippen LogP contribution >= 0.6 is 0 Å². The highest BCUT2D eigenvalue weighted by atomic mass is 16.5. The first kappa shape index (κ1) is 18.6. The summed E-state index contributed by atoms with van der Waals surface area (Å²) in [5.41, 5.74) is 0.796. The molecule has 0 spiro atoms. The summed E-state index contributed by atoms with van der Waals surface area (Å²) < 4.78 is 8.82. The van der Waals surface area contributed by atoms with Crippen molar-refractivity contribution in [3.05, 3.63) is 41.3 Å². The molecule has 0 N–H and O–H groups in total. The van der Waals surface area contributed by atoms with Crippen LogP contribution in [0, 0.1) is 0 Å². The first-order valence-electron chi connectivity index (χ1n) is 9.14. The van der Waals surface area contributed by atoms with Gasteiger partial charge < -0.3 is 14.2 Å². The van der Waals surface area contributed by atoms with E-state index in [0.29, 0.717) is 6.61 Å². The van der Waals surface area contributed by atoms with E-state index in [1.807, 2.05) is 24.5 Å². The van der Waals surface area contributed by atoms with Gasteiger partial charge in [-0.1, -0.05) is 0 Å². The standard InChI is InChI=1S/C18H28N6O2/c1-21(10-11-26-2)17-12-18(25)24(20-13-17)16-4-3-6-22(14-16)8-9-23-7-5-19-15-23/h5,7,12-13,15-16H,3-4,6,8-11,14H2,1-2H3/t16-/m0/s1. The number of hydrogen-bond donors (Lipinski definition) is 0. The van der Waals surface area contributed by atoms with E-state index in [1.54, 1.807) is 30.3 Å². The third kappa shape index (κ3) is 4.70. The second-order valence-corrected chi connectivity index (χ2v) is 6.81. The zero-order valence-electron chi connectivity index (χ0n) is 15.6. The summed E-state index contributed by atoms with van der Waals surface area (Å²) in [6.07, 6.45) is 9.47. The SMILES string of the molecule is COCCN(C)c1cnn([C@H]2CCCN(CCn3ccnc3)C2)c(=O)c1. The highest BCUT2D eigenvalue weighted by Gasteiger charge is 2.23. The molecule has 142 valence electrons. The summed E-state index contributed by atoms with van der Waals surface area (Å²) in [4.78, 5) is 21.0. The smallest absolute Gasteiger partial charge is 0.269 e. The lowest BCUT2D eigenvalue weighted by molar-refractivity contribution is 0.162. The Morgan fingerprint density at radius 1 is 1.38 bits per heavy atom. The van der Waals surface area contributed by atoms with Crippen LogP contribution < -0.4 is 10.5 Å². The van der Waals surface area contributed by atoms with Crippen molar-refractivity contribution >= 4 is 5.69 Å². The van der Waals surface area contributed by atoms with E-state index in [9.17, 15) is 4.79 Å². The maximum absolute atomic E-state index is 12.6. The van der Waals surface area contributed by atoms with Gasteiger partial charge in [0.2, 0.25) is 0 Å². The van der Waals surface area contributed by atoms with Crippen molar-refractivity contribution in [3.8, 4) is 0 Å². The van der Waals surface area contributed by atoms with Gasteiger partial charge >= 0.3 is 0 Å². The van der Waals surface area contributed by atoms with Crippen molar-refractivity contribution in [1.29, 1.82) is 0 Å². The maximum Gasteiger partial charge on any atom is 0.269 e. The molecule has 3 heterocycles. The van der Waals surface area contributed by atoms with Crippen molar-refractivity contribution in [2.24, 2.45) is 0 Å². The van der Waals surface area contributed by atoms with E-state index in [0.717, 1.165) is 51.3 Å². The first-order chi connectivity index (χ1) is 12.7. The van der Waals surface area contributed by atoms with Crippen LogP contribution in [0.3, 0.4) is 0 Å². The van der Waals surface area contributed by atoms with Gasteiger partial charge in [0.1, 0.15) is 0 Å². The molecule has 0 saturated carbocycles. The fraction of sp³-hybridized carbons (Fsp3) is 0.611. The van der Waals surface area contributed by atoms with Crippen LogP contribution in [-0.2, 0) is 11.3 Å². The quantitative estimate of drug-likeness (QED) is 0.696. The number of ether oxygens (including phenoxy) is 1. The second-order valence-electron chi connectivity index (χ2n) is 6.81. The summed E-state index contributed by atoms with van der Waals surface area (Å²) >= 11 is 0. The Labute approximate surface area is 154 Å². The highest BCUT2D eigenvalue weighted by Crippen LogP contribution is 2.20. The first-order valence-corrected chi connectivity index (χ1v) is 9.14. The molecule has 0 aliphatic carbocycles. The molecule has 0 unspecified atom stereocenters. The van der Waals surface area contributed by atoms with Gasteiger partial charge in [0, 0.05) is 58.8 Å². The number of methoxy groups -OCH3 is 1. The van der Waals surface area contributed by atoms with Crippen molar-refractivity contribution in [2.45, 2.75) is 25.4 Å². The maximum atomic E-state index is 12.6. The highest BCUT2D eigenvalue weighted by molar-refractivity contribution is 5.41. The number of likely N-dealkylation sites (N-methyl/N-ethyl adjacent to an activating group) is 1. The monoisotopic (exact) mass is 360 g/mol. The van der Waals surface area contributed by atoms with E-state index >= 15 is 0 Å². The van der Waals surface area contributed by atoms with Gasteiger partial charge in [0.25, 0.3) is 5.56 Å². The van der Waals surface area contributed by atoms with Crippen molar-refractivity contribution in [1.82, 2.24) is 24.2 Å². The van der Waals surface area contributed by atoms with Crippen molar-refractivity contribution in [3.63, 3.8) is 0 Å². The summed E-state index contributed by atoms with van der Waals surface area (Å²) in [7, 11) is 3.62. The van der Waals surface area contributed by atoms with E-state index in [4.69, 9.17) is 4.74 Å². The Kier molecular flexibility index (Phi) is 6.40. The molecule has 0 aromatic carbocycles. The zero-order valence-corrected chi connectivity index (χ0v) is 15.6. The molecule has 2 aromatic heterocycles. The Hall–Kier alpha value is -2.19. The van der Waals surface area contributed by atoms with Crippen LogP contribution in [0.25, 0.3) is 0 Å². The topological polar surface area (TPSA) is 68.4 Å². The minimum Gasteiger partial charge on any atom is -0.383 e. The molecule has 2 aromatic rings. The van der Waals surface area contributed by atoms with Gasteiger partial charge in [-0.05, 0) is 19.4 Å². The molecule has 1 aliphatic rings. The van der Waals surface area contributed by atoms with Gasteiger partial charge in [-0.25, -0.2) is 9.67 Å². The third-order valence-corrected chi connectivity index (χ3v) is 4.94. The van der Waals surface area contributed by atoms with E-state index < -0.39 is 0 Å². The van der Waals surface area contributed by atoms with Crippen LogP contribution in [0.4, 0.5) is 5.69 Å². The van der Waals surface area contributed by atoms with E-state index in [2.05, 4.69) is 19.5 Å². The summed E-state index contributed by atoms with van der Waals surface area (Å²) in [6.45, 7) is 5.15. The number of imidazole rings is 1. The van der Waals surface area contributed by atoms with E-state index in [-0.39, 0.29) is 11.6 Å². The predicted molar refractivity (Wildman–Crippen MR) is 101 cm³/mol. The number of hydrogen-bond acceptors (Lipinski definition) is 6. The fourth-order valence-corrected chi connectivity index (χ4v) is 3.36. The number of nitrogens with zero attached hydrogens (tertiary/aromatic N) is 6. The molecule has 0 radical (unpaired) electrons. The Morgan fingerprint density at radius 2 is 2.27 bits per heavy atom. The van der Waals surface area contributed by atoms with Crippen LogP contribution in [0.15, 0.2) is 35.8 Å².